The minimum absolute atomic E-state index is 0.0446. The maximum atomic E-state index is 9.77. The van der Waals surface area contributed by atoms with Gasteiger partial charge in [-0.15, -0.1) is 0 Å². The highest BCUT2D eigenvalue weighted by Crippen LogP contribution is 2.40. The summed E-state index contributed by atoms with van der Waals surface area (Å²) < 4.78 is 15.1. The van der Waals surface area contributed by atoms with Crippen molar-refractivity contribution in [2.45, 2.75) is 0 Å². The number of nitrogens with two attached hydrogens (primary N) is 1. The first kappa shape index (κ1) is 11.1. The second kappa shape index (κ2) is 4.25. The number of aromatic nitrogens is 1. The van der Waals surface area contributed by atoms with Crippen molar-refractivity contribution in [3.05, 3.63) is 18.2 Å². The number of phenols is 1. The molecule has 6 nitrogen and oxygen atoms in total. The van der Waals surface area contributed by atoms with Crippen LogP contribution in [0, 0.1) is 0 Å². The second-order valence-corrected chi connectivity index (χ2v) is 3.35. The zero-order chi connectivity index (χ0) is 12.4. The van der Waals surface area contributed by atoms with E-state index >= 15 is 0 Å². The number of hydrogen-bond donors (Lipinski definition) is 2. The molecule has 3 N–H and O–H groups in total. The fraction of sp³-hybridized carbons (Fsp3) is 0.182. The lowest BCUT2D eigenvalue weighted by atomic mass is 10.1. The Hall–Kier alpha value is -2.37. The van der Waals surface area contributed by atoms with Crippen LogP contribution >= 0.6 is 0 Å². The second-order valence-electron chi connectivity index (χ2n) is 3.35. The van der Waals surface area contributed by atoms with Crippen LogP contribution in [0.2, 0.25) is 0 Å². The number of hydrogen-bond acceptors (Lipinski definition) is 6. The average molecular weight is 236 g/mol. The van der Waals surface area contributed by atoms with Crippen molar-refractivity contribution >= 4 is 5.82 Å². The molecule has 1 heterocycles. The number of nitrogens with zero attached hydrogens (tertiary/aromatic N) is 1. The molecular formula is C11H12N2O4. The minimum Gasteiger partial charge on any atom is -0.504 e. The first-order valence-electron chi connectivity index (χ1n) is 4.83. The van der Waals surface area contributed by atoms with E-state index in [1.165, 1.54) is 20.3 Å². The van der Waals surface area contributed by atoms with Crippen molar-refractivity contribution in [1.82, 2.24) is 5.16 Å². The molecular weight excluding hydrogens is 224 g/mol. The van der Waals surface area contributed by atoms with Gasteiger partial charge < -0.3 is 24.8 Å². The van der Waals surface area contributed by atoms with Crippen LogP contribution in [0.3, 0.4) is 0 Å². The maximum Gasteiger partial charge on any atom is 0.203 e. The van der Waals surface area contributed by atoms with Crippen LogP contribution in [0.5, 0.6) is 17.2 Å². The van der Waals surface area contributed by atoms with E-state index in [0.29, 0.717) is 17.1 Å². The molecule has 0 aliphatic heterocycles. The molecule has 0 radical (unpaired) electrons. The van der Waals surface area contributed by atoms with E-state index in [0.717, 1.165) is 0 Å². The molecule has 90 valence electrons. The summed E-state index contributed by atoms with van der Waals surface area (Å²) in [7, 11) is 2.93. The van der Waals surface area contributed by atoms with Gasteiger partial charge in [0.15, 0.2) is 23.1 Å². The molecule has 0 aliphatic carbocycles. The number of methoxy groups -OCH3 is 2. The van der Waals surface area contributed by atoms with Gasteiger partial charge in [-0.1, -0.05) is 5.16 Å². The minimum atomic E-state index is -0.0446. The lowest BCUT2D eigenvalue weighted by molar-refractivity contribution is 0.333. The summed E-state index contributed by atoms with van der Waals surface area (Å²) in [6, 6.07) is 4.71. The average Bonchev–Trinajstić information content (AvgIpc) is 2.74. The lowest BCUT2D eigenvalue weighted by Crippen LogP contribution is -1.91. The number of benzene rings is 1. The monoisotopic (exact) mass is 236 g/mol. The third-order valence-corrected chi connectivity index (χ3v) is 2.27. The van der Waals surface area contributed by atoms with Gasteiger partial charge in [0.2, 0.25) is 5.75 Å². The molecule has 0 bridgehead atoms. The predicted octanol–water partition coefficient (Wildman–Crippen LogP) is 1.65. The number of rotatable bonds is 3. The van der Waals surface area contributed by atoms with Crippen molar-refractivity contribution in [3.63, 3.8) is 0 Å². The third-order valence-electron chi connectivity index (χ3n) is 2.27. The van der Waals surface area contributed by atoms with E-state index in [-0.39, 0.29) is 17.3 Å². The van der Waals surface area contributed by atoms with Crippen molar-refractivity contribution in [1.29, 1.82) is 0 Å². The van der Waals surface area contributed by atoms with Crippen molar-refractivity contribution < 1.29 is 19.1 Å². The summed E-state index contributed by atoms with van der Waals surface area (Å²) >= 11 is 0. The SMILES string of the molecule is COc1cc(-c2cc(N)no2)cc(O)c1OC. The highest BCUT2D eigenvalue weighted by Gasteiger charge is 2.14. The van der Waals surface area contributed by atoms with Crippen LogP contribution in [0.1, 0.15) is 0 Å². The van der Waals surface area contributed by atoms with Gasteiger partial charge in [0.05, 0.1) is 14.2 Å². The van der Waals surface area contributed by atoms with E-state index in [1.807, 2.05) is 0 Å². The smallest absolute Gasteiger partial charge is 0.203 e. The Kier molecular flexibility index (Phi) is 2.78. The summed E-state index contributed by atoms with van der Waals surface area (Å²) in [5, 5.41) is 13.3. The largest absolute Gasteiger partial charge is 0.504 e. The molecule has 2 aromatic rings. The Labute approximate surface area is 97.5 Å². The van der Waals surface area contributed by atoms with Gasteiger partial charge in [-0.3, -0.25) is 0 Å². The Morgan fingerprint density at radius 2 is 2.00 bits per heavy atom. The molecule has 17 heavy (non-hydrogen) atoms. The lowest BCUT2D eigenvalue weighted by Gasteiger charge is -2.10. The summed E-state index contributed by atoms with van der Waals surface area (Å²) in [5.74, 6) is 1.34. The summed E-state index contributed by atoms with van der Waals surface area (Å²) in [6.07, 6.45) is 0. The maximum absolute atomic E-state index is 9.77. The molecule has 1 aromatic carbocycles. The van der Waals surface area contributed by atoms with Gasteiger partial charge in [0, 0.05) is 11.6 Å². The van der Waals surface area contributed by atoms with E-state index < -0.39 is 0 Å². The van der Waals surface area contributed by atoms with Crippen LogP contribution in [-0.4, -0.2) is 24.5 Å². The fourth-order valence-electron chi connectivity index (χ4n) is 1.51. The van der Waals surface area contributed by atoms with Gasteiger partial charge >= 0.3 is 0 Å². The zero-order valence-corrected chi connectivity index (χ0v) is 9.43. The third kappa shape index (κ3) is 1.96. The van der Waals surface area contributed by atoms with Crippen molar-refractivity contribution in [3.8, 4) is 28.6 Å². The quantitative estimate of drug-likeness (QED) is 0.841. The van der Waals surface area contributed by atoms with Gasteiger partial charge in [-0.2, -0.15) is 0 Å². The van der Waals surface area contributed by atoms with Crippen LogP contribution in [-0.2, 0) is 0 Å². The summed E-state index contributed by atoms with van der Waals surface area (Å²) in [5.41, 5.74) is 6.06. The molecule has 0 atom stereocenters. The Balaban J connectivity index is 2.53. The van der Waals surface area contributed by atoms with Crippen LogP contribution in [0.4, 0.5) is 5.82 Å². The number of anilines is 1. The molecule has 0 saturated carbocycles. The highest BCUT2D eigenvalue weighted by molar-refractivity contribution is 5.68. The Morgan fingerprint density at radius 3 is 2.53 bits per heavy atom. The predicted molar refractivity (Wildman–Crippen MR) is 61.1 cm³/mol. The first-order chi connectivity index (χ1) is 8.15. The fourth-order valence-corrected chi connectivity index (χ4v) is 1.51. The van der Waals surface area contributed by atoms with Crippen LogP contribution in [0.15, 0.2) is 22.7 Å². The zero-order valence-electron chi connectivity index (χ0n) is 9.43. The van der Waals surface area contributed by atoms with Crippen molar-refractivity contribution in [2.24, 2.45) is 0 Å². The molecule has 2 rings (SSSR count). The Bertz CT molecular complexity index is 536. The number of aromatic hydroxyl groups is 1. The summed E-state index contributed by atoms with van der Waals surface area (Å²) in [4.78, 5) is 0. The topological polar surface area (TPSA) is 90.7 Å². The van der Waals surface area contributed by atoms with Gasteiger partial charge in [-0.25, -0.2) is 0 Å². The van der Waals surface area contributed by atoms with E-state index in [9.17, 15) is 5.11 Å². The molecule has 0 aliphatic rings. The van der Waals surface area contributed by atoms with Crippen LogP contribution in [0.25, 0.3) is 11.3 Å². The number of nitrogen functional groups attached to an aromatic ring is 1. The van der Waals surface area contributed by atoms with Gasteiger partial charge in [0.25, 0.3) is 0 Å². The number of ether oxygens (including phenoxy) is 2. The first-order valence-corrected chi connectivity index (χ1v) is 4.83. The van der Waals surface area contributed by atoms with E-state index in [2.05, 4.69) is 5.16 Å². The van der Waals surface area contributed by atoms with E-state index in [4.69, 9.17) is 19.7 Å². The van der Waals surface area contributed by atoms with Crippen LogP contribution < -0.4 is 15.2 Å². The molecule has 0 fully saturated rings. The number of phenolic OH excluding ortho intramolecular Hbond substituents is 1. The highest BCUT2D eigenvalue weighted by atomic mass is 16.5. The van der Waals surface area contributed by atoms with Gasteiger partial charge in [-0.05, 0) is 12.1 Å². The Morgan fingerprint density at radius 1 is 1.24 bits per heavy atom. The molecule has 0 spiro atoms. The van der Waals surface area contributed by atoms with E-state index in [1.54, 1.807) is 12.1 Å². The molecule has 6 heteroatoms. The van der Waals surface area contributed by atoms with Gasteiger partial charge in [0.1, 0.15) is 0 Å². The molecule has 0 amide bonds. The van der Waals surface area contributed by atoms with Crippen molar-refractivity contribution in [2.75, 3.05) is 20.0 Å². The molecule has 1 aromatic heterocycles. The molecule has 0 saturated heterocycles. The molecule has 0 unspecified atom stereocenters. The normalized spacial score (nSPS) is 10.2. The standard InChI is InChI=1S/C11H12N2O4/c1-15-9-4-6(3-7(14)11(9)16-2)8-5-10(12)13-17-8/h3-5,14H,1-2H3,(H2,12,13). The summed E-state index contributed by atoms with van der Waals surface area (Å²) in [6.45, 7) is 0.